The Morgan fingerprint density at radius 2 is 1.50 bits per heavy atom. The van der Waals surface area contributed by atoms with Crippen molar-refractivity contribution in [2.45, 2.75) is 71.3 Å². The van der Waals surface area contributed by atoms with Gasteiger partial charge in [0.1, 0.15) is 0 Å². The lowest BCUT2D eigenvalue weighted by Gasteiger charge is -2.41. The Labute approximate surface area is 101 Å². The zero-order valence-electron chi connectivity index (χ0n) is 11.3. The van der Waals surface area contributed by atoms with E-state index in [-0.39, 0.29) is 0 Å². The minimum atomic E-state index is 0.526. The van der Waals surface area contributed by atoms with Crippen molar-refractivity contribution in [3.05, 3.63) is 0 Å². The van der Waals surface area contributed by atoms with E-state index in [4.69, 9.17) is 0 Å². The van der Waals surface area contributed by atoms with E-state index in [1.165, 1.54) is 58.0 Å². The van der Waals surface area contributed by atoms with Crippen molar-refractivity contribution in [1.29, 1.82) is 0 Å². The molecule has 0 aromatic carbocycles. The molecule has 1 aliphatic carbocycles. The van der Waals surface area contributed by atoms with Gasteiger partial charge in [0.25, 0.3) is 0 Å². The van der Waals surface area contributed by atoms with Gasteiger partial charge in [0.05, 0.1) is 0 Å². The van der Waals surface area contributed by atoms with Crippen LogP contribution in [0.2, 0.25) is 0 Å². The first-order valence-corrected chi connectivity index (χ1v) is 7.23. The summed E-state index contributed by atoms with van der Waals surface area (Å²) in [6.07, 6.45) is 10.4. The van der Waals surface area contributed by atoms with Gasteiger partial charge in [0.15, 0.2) is 0 Å². The average molecular weight is 221 g/mol. The Morgan fingerprint density at radius 1 is 0.938 bits per heavy atom. The quantitative estimate of drug-likeness (QED) is 0.685. The molecule has 0 aromatic rings. The van der Waals surface area contributed by atoms with Crippen LogP contribution in [0.15, 0.2) is 0 Å². The molecule has 2 aliphatic heterocycles. The zero-order chi connectivity index (χ0) is 11.4. The molecule has 0 unspecified atom stereocenters. The van der Waals surface area contributed by atoms with Crippen molar-refractivity contribution in [3.8, 4) is 0 Å². The van der Waals surface area contributed by atoms with Crippen LogP contribution in [-0.2, 0) is 0 Å². The fourth-order valence-electron chi connectivity index (χ4n) is 4.49. The molecule has 3 aliphatic rings. The number of hydrogen-bond acceptors (Lipinski definition) is 1. The molecule has 0 N–H and O–H groups in total. The fourth-order valence-corrected chi connectivity index (χ4v) is 4.49. The predicted molar refractivity (Wildman–Crippen MR) is 68.5 cm³/mol. The van der Waals surface area contributed by atoms with Crippen LogP contribution in [0.25, 0.3) is 0 Å². The Bertz CT molecular complexity index is 272. The van der Waals surface area contributed by atoms with Gasteiger partial charge >= 0.3 is 0 Å². The lowest BCUT2D eigenvalue weighted by molar-refractivity contribution is 0.0908. The molecular formula is C15H27N. The Kier molecular flexibility index (Phi) is 2.25. The van der Waals surface area contributed by atoms with E-state index in [0.717, 1.165) is 0 Å². The summed E-state index contributed by atoms with van der Waals surface area (Å²) in [6, 6.07) is 0. The highest BCUT2D eigenvalue weighted by molar-refractivity contribution is 5.11. The van der Waals surface area contributed by atoms with Crippen molar-refractivity contribution in [2.24, 2.45) is 10.8 Å². The maximum absolute atomic E-state index is 2.83. The van der Waals surface area contributed by atoms with Crippen LogP contribution in [-0.4, -0.2) is 23.5 Å². The van der Waals surface area contributed by atoms with Gasteiger partial charge in [-0.25, -0.2) is 0 Å². The summed E-state index contributed by atoms with van der Waals surface area (Å²) in [6.45, 7) is 10.2. The minimum Gasteiger partial charge on any atom is -0.298 e. The van der Waals surface area contributed by atoms with Crippen LogP contribution in [0.1, 0.15) is 65.7 Å². The predicted octanol–water partition coefficient (Wildman–Crippen LogP) is 3.83. The molecule has 0 aromatic heterocycles. The normalized spacial score (nSPS) is 31.7. The summed E-state index contributed by atoms with van der Waals surface area (Å²) >= 11 is 0. The molecule has 92 valence electrons. The van der Waals surface area contributed by atoms with Crippen LogP contribution in [0.5, 0.6) is 0 Å². The average Bonchev–Trinajstić information content (AvgIpc) is 2.66. The number of nitrogens with zero attached hydrogens (tertiary/aromatic N) is 1. The summed E-state index contributed by atoms with van der Waals surface area (Å²) in [4.78, 5) is 2.83. The summed E-state index contributed by atoms with van der Waals surface area (Å²) in [7, 11) is 0. The van der Waals surface area contributed by atoms with Crippen LogP contribution in [0.3, 0.4) is 0 Å². The number of fused-ring (bicyclic) bond motifs is 1. The number of hydrogen-bond donors (Lipinski definition) is 0. The highest BCUT2D eigenvalue weighted by atomic mass is 15.2. The van der Waals surface area contributed by atoms with Crippen LogP contribution < -0.4 is 0 Å². The van der Waals surface area contributed by atoms with Crippen LogP contribution in [0.4, 0.5) is 0 Å². The van der Waals surface area contributed by atoms with Gasteiger partial charge in [0, 0.05) is 5.54 Å². The SMILES string of the molecule is CC(C)(C)C1(CC23CCCN2CCC3)CC1. The molecular weight excluding hydrogens is 194 g/mol. The first kappa shape index (κ1) is 11.1. The second-order valence-corrected chi connectivity index (χ2v) is 7.63. The Balaban J connectivity index is 1.79. The third-order valence-corrected chi connectivity index (χ3v) is 5.92. The minimum absolute atomic E-state index is 0.526. The molecule has 1 saturated carbocycles. The topological polar surface area (TPSA) is 3.24 Å². The highest BCUT2D eigenvalue weighted by Gasteiger charge is 2.58. The summed E-state index contributed by atoms with van der Waals surface area (Å²) in [5.41, 5.74) is 1.86. The van der Waals surface area contributed by atoms with Gasteiger partial charge < -0.3 is 0 Å². The smallest absolute Gasteiger partial charge is 0.0216 e. The van der Waals surface area contributed by atoms with E-state index in [1.54, 1.807) is 0 Å². The second kappa shape index (κ2) is 3.25. The van der Waals surface area contributed by atoms with Crippen LogP contribution in [0, 0.1) is 10.8 Å². The van der Waals surface area contributed by atoms with E-state index >= 15 is 0 Å². The Morgan fingerprint density at radius 3 is 1.94 bits per heavy atom. The van der Waals surface area contributed by atoms with E-state index in [1.807, 2.05) is 0 Å². The molecule has 3 fully saturated rings. The van der Waals surface area contributed by atoms with Gasteiger partial charge in [-0.15, -0.1) is 0 Å². The van der Waals surface area contributed by atoms with Gasteiger partial charge in [-0.3, -0.25) is 4.90 Å². The van der Waals surface area contributed by atoms with Crippen LogP contribution >= 0.6 is 0 Å². The molecule has 1 heteroatoms. The monoisotopic (exact) mass is 221 g/mol. The maximum Gasteiger partial charge on any atom is 0.0216 e. The van der Waals surface area contributed by atoms with Crippen molar-refractivity contribution in [3.63, 3.8) is 0 Å². The van der Waals surface area contributed by atoms with E-state index in [2.05, 4.69) is 25.7 Å². The lowest BCUT2D eigenvalue weighted by Crippen LogP contribution is -2.42. The van der Waals surface area contributed by atoms with Crippen molar-refractivity contribution in [1.82, 2.24) is 4.90 Å². The molecule has 0 radical (unpaired) electrons. The number of rotatable bonds is 2. The first-order chi connectivity index (χ1) is 7.48. The van der Waals surface area contributed by atoms with E-state index in [0.29, 0.717) is 16.4 Å². The van der Waals surface area contributed by atoms with Crippen molar-refractivity contribution >= 4 is 0 Å². The summed E-state index contributed by atoms with van der Waals surface area (Å²) in [5, 5.41) is 0. The van der Waals surface area contributed by atoms with E-state index in [9.17, 15) is 0 Å². The third-order valence-electron chi connectivity index (χ3n) is 5.92. The molecule has 2 saturated heterocycles. The Hall–Kier alpha value is -0.0400. The fraction of sp³-hybridized carbons (Fsp3) is 1.00. The van der Waals surface area contributed by atoms with Gasteiger partial charge in [0.2, 0.25) is 0 Å². The molecule has 0 atom stereocenters. The third kappa shape index (κ3) is 1.47. The molecule has 1 nitrogen and oxygen atoms in total. The van der Waals surface area contributed by atoms with E-state index < -0.39 is 0 Å². The highest BCUT2D eigenvalue weighted by Crippen LogP contribution is 2.64. The van der Waals surface area contributed by atoms with Gasteiger partial charge in [-0.2, -0.15) is 0 Å². The molecule has 0 amide bonds. The van der Waals surface area contributed by atoms with Crippen molar-refractivity contribution in [2.75, 3.05) is 13.1 Å². The van der Waals surface area contributed by atoms with Gasteiger partial charge in [-0.1, -0.05) is 20.8 Å². The largest absolute Gasteiger partial charge is 0.298 e. The molecule has 0 bridgehead atoms. The summed E-state index contributed by atoms with van der Waals surface area (Å²) < 4.78 is 0. The first-order valence-electron chi connectivity index (χ1n) is 7.23. The zero-order valence-corrected chi connectivity index (χ0v) is 11.3. The summed E-state index contributed by atoms with van der Waals surface area (Å²) in [5.74, 6) is 0. The lowest BCUT2D eigenvalue weighted by atomic mass is 9.69. The molecule has 0 spiro atoms. The second-order valence-electron chi connectivity index (χ2n) is 7.63. The molecule has 3 rings (SSSR count). The molecule has 16 heavy (non-hydrogen) atoms. The van der Waals surface area contributed by atoms with Crippen molar-refractivity contribution < 1.29 is 0 Å². The maximum atomic E-state index is 2.83. The standard InChI is InChI=1S/C15H27N/c1-13(2,3)14(8-9-14)12-15-6-4-10-16(15)11-5-7-15/h4-12H2,1-3H3. The van der Waals surface area contributed by atoms with Gasteiger partial charge in [-0.05, 0) is 68.9 Å². The molecule has 2 heterocycles.